The molecule has 9 heteroatoms. The van der Waals surface area contributed by atoms with Gasteiger partial charge in [-0.25, -0.2) is 8.42 Å². The van der Waals surface area contributed by atoms with Crippen LogP contribution in [-0.4, -0.2) is 37.1 Å². The van der Waals surface area contributed by atoms with E-state index in [9.17, 15) is 18.0 Å². The zero-order valence-corrected chi connectivity index (χ0v) is 17.1. The van der Waals surface area contributed by atoms with Crippen LogP contribution in [0.15, 0.2) is 48.5 Å². The molecule has 3 rings (SSSR count). The first kappa shape index (κ1) is 20.6. The molecule has 148 valence electrons. The van der Waals surface area contributed by atoms with Crippen molar-refractivity contribution in [2.24, 2.45) is 0 Å². The van der Waals surface area contributed by atoms with Gasteiger partial charge in [0.25, 0.3) is 0 Å². The second-order valence-corrected chi connectivity index (χ2v) is 9.47. The molecule has 2 aromatic carbocycles. The molecular weight excluding hydrogens is 423 g/mol. The first-order valence-electron chi connectivity index (χ1n) is 8.52. The van der Waals surface area contributed by atoms with Gasteiger partial charge in [-0.15, -0.1) is 0 Å². The largest absolute Gasteiger partial charge is 0.350 e. The minimum atomic E-state index is -3.59. The highest BCUT2D eigenvalue weighted by molar-refractivity contribution is 7.91. The second kappa shape index (κ2) is 8.51. The van der Waals surface area contributed by atoms with Crippen LogP contribution in [-0.2, 0) is 31.7 Å². The Labute approximate surface area is 173 Å². The van der Waals surface area contributed by atoms with Crippen LogP contribution in [0.3, 0.4) is 0 Å². The molecule has 0 spiro atoms. The van der Waals surface area contributed by atoms with E-state index in [1.165, 1.54) is 0 Å². The van der Waals surface area contributed by atoms with Crippen LogP contribution in [0, 0.1) is 0 Å². The van der Waals surface area contributed by atoms with Crippen molar-refractivity contribution in [1.82, 2.24) is 10.2 Å². The van der Waals surface area contributed by atoms with Gasteiger partial charge in [-0.2, -0.15) is 0 Å². The lowest BCUT2D eigenvalue weighted by Crippen LogP contribution is -2.59. The van der Waals surface area contributed by atoms with Crippen LogP contribution in [0.2, 0.25) is 10.0 Å². The summed E-state index contributed by atoms with van der Waals surface area (Å²) in [7, 11) is -3.59. The molecule has 2 aromatic rings. The highest BCUT2D eigenvalue weighted by atomic mass is 35.5. The van der Waals surface area contributed by atoms with Crippen LogP contribution in [0.25, 0.3) is 0 Å². The topological polar surface area (TPSA) is 83.6 Å². The average Bonchev–Trinajstić information content (AvgIpc) is 2.65. The van der Waals surface area contributed by atoms with Crippen LogP contribution >= 0.6 is 23.2 Å². The van der Waals surface area contributed by atoms with E-state index >= 15 is 0 Å². The molecule has 1 aliphatic heterocycles. The molecule has 0 aromatic heterocycles. The van der Waals surface area contributed by atoms with Gasteiger partial charge in [-0.3, -0.25) is 9.59 Å². The Bertz CT molecular complexity index is 996. The molecule has 0 saturated carbocycles. The molecule has 1 saturated heterocycles. The number of β-lactam (4-membered cyclic amide) rings is 1. The van der Waals surface area contributed by atoms with Gasteiger partial charge in [0.1, 0.15) is 11.9 Å². The predicted molar refractivity (Wildman–Crippen MR) is 107 cm³/mol. The Balaban J connectivity index is 1.58. The van der Waals surface area contributed by atoms with Crippen LogP contribution in [0.1, 0.15) is 17.5 Å². The predicted octanol–water partition coefficient (Wildman–Crippen LogP) is 2.78. The summed E-state index contributed by atoms with van der Waals surface area (Å²) in [5, 5.41) is 2.47. The number of nitrogens with one attached hydrogen (secondary N) is 1. The van der Waals surface area contributed by atoms with E-state index in [2.05, 4.69) is 5.32 Å². The summed E-state index contributed by atoms with van der Waals surface area (Å²) in [5.41, 5.74) is 1.39. The number of hydrogen-bond donors (Lipinski definition) is 1. The van der Waals surface area contributed by atoms with Crippen LogP contribution < -0.4 is 5.32 Å². The van der Waals surface area contributed by atoms with Crippen LogP contribution in [0.4, 0.5) is 0 Å². The van der Waals surface area contributed by atoms with Crippen molar-refractivity contribution in [2.45, 2.75) is 24.1 Å². The van der Waals surface area contributed by atoms with E-state index in [1.807, 2.05) is 0 Å². The number of carbonyl (C=O) groups is 2. The van der Waals surface area contributed by atoms with Gasteiger partial charge in [-0.05, 0) is 23.3 Å². The lowest BCUT2D eigenvalue weighted by molar-refractivity contribution is -0.145. The molecule has 1 unspecified atom stereocenters. The van der Waals surface area contributed by atoms with Crippen LogP contribution in [0.5, 0.6) is 0 Å². The summed E-state index contributed by atoms with van der Waals surface area (Å²) in [5.74, 6) is -0.974. The average molecular weight is 441 g/mol. The van der Waals surface area contributed by atoms with Crippen molar-refractivity contribution in [3.63, 3.8) is 0 Å². The molecule has 1 heterocycles. The fourth-order valence-corrected chi connectivity index (χ4v) is 5.05. The number of amides is 2. The van der Waals surface area contributed by atoms with Crippen molar-refractivity contribution < 1.29 is 18.0 Å². The Morgan fingerprint density at radius 3 is 2.43 bits per heavy atom. The fourth-order valence-electron chi connectivity index (χ4n) is 2.90. The van der Waals surface area contributed by atoms with E-state index in [4.69, 9.17) is 23.2 Å². The first-order chi connectivity index (χ1) is 13.3. The third-order valence-electron chi connectivity index (χ3n) is 4.43. The zero-order chi connectivity index (χ0) is 20.3. The molecule has 28 heavy (non-hydrogen) atoms. The van der Waals surface area contributed by atoms with Gasteiger partial charge in [0.15, 0.2) is 9.84 Å². The minimum Gasteiger partial charge on any atom is -0.350 e. The zero-order valence-electron chi connectivity index (χ0n) is 14.8. The monoisotopic (exact) mass is 440 g/mol. The molecule has 1 aliphatic rings. The summed E-state index contributed by atoms with van der Waals surface area (Å²) >= 11 is 11.8. The SMILES string of the molecule is O=C(CN1C(=O)CC1S(=O)(=O)Cc1ccccc1)NCc1ccc(Cl)c(Cl)c1. The lowest BCUT2D eigenvalue weighted by Gasteiger charge is -2.39. The van der Waals surface area contributed by atoms with Gasteiger partial charge < -0.3 is 10.2 Å². The molecule has 6 nitrogen and oxygen atoms in total. The third-order valence-corrected chi connectivity index (χ3v) is 7.16. The maximum Gasteiger partial charge on any atom is 0.239 e. The van der Waals surface area contributed by atoms with Crippen molar-refractivity contribution in [3.05, 3.63) is 69.7 Å². The van der Waals surface area contributed by atoms with Crippen molar-refractivity contribution in [3.8, 4) is 0 Å². The van der Waals surface area contributed by atoms with E-state index in [-0.39, 0.29) is 31.2 Å². The molecule has 1 fully saturated rings. The molecule has 0 aliphatic carbocycles. The van der Waals surface area contributed by atoms with E-state index in [0.717, 1.165) is 10.5 Å². The molecule has 1 atom stereocenters. The van der Waals surface area contributed by atoms with Crippen molar-refractivity contribution in [2.75, 3.05) is 6.54 Å². The third kappa shape index (κ3) is 4.84. The highest BCUT2D eigenvalue weighted by Gasteiger charge is 2.45. The van der Waals surface area contributed by atoms with Gasteiger partial charge in [0.2, 0.25) is 11.8 Å². The maximum absolute atomic E-state index is 12.6. The number of benzene rings is 2. The van der Waals surface area contributed by atoms with Crippen molar-refractivity contribution in [1.29, 1.82) is 0 Å². The number of rotatable bonds is 7. The quantitative estimate of drug-likeness (QED) is 0.670. The number of halogens is 2. The standard InChI is InChI=1S/C19H18Cl2N2O4S/c20-15-7-6-14(8-16(15)21)10-22-17(24)11-23-18(25)9-19(23)28(26,27)12-13-4-2-1-3-5-13/h1-8,19H,9-12H2,(H,22,24). The van der Waals surface area contributed by atoms with E-state index in [0.29, 0.717) is 15.6 Å². The normalized spacial score (nSPS) is 16.6. The van der Waals surface area contributed by atoms with E-state index < -0.39 is 21.1 Å². The Hall–Kier alpha value is -2.09. The number of nitrogens with zero attached hydrogens (tertiary/aromatic N) is 1. The summed E-state index contributed by atoms with van der Waals surface area (Å²) in [6.07, 6.45) is -0.102. The highest BCUT2D eigenvalue weighted by Crippen LogP contribution is 2.27. The van der Waals surface area contributed by atoms with Crippen molar-refractivity contribution >= 4 is 44.9 Å². The van der Waals surface area contributed by atoms with Gasteiger partial charge in [0, 0.05) is 6.54 Å². The molecule has 1 N–H and O–H groups in total. The van der Waals surface area contributed by atoms with Gasteiger partial charge >= 0.3 is 0 Å². The Kier molecular flexibility index (Phi) is 6.27. The molecule has 2 amide bonds. The Morgan fingerprint density at radius 1 is 1.07 bits per heavy atom. The number of carbonyl (C=O) groups excluding carboxylic acids is 2. The van der Waals surface area contributed by atoms with Gasteiger partial charge in [-0.1, -0.05) is 59.6 Å². The minimum absolute atomic E-state index is 0.102. The van der Waals surface area contributed by atoms with E-state index in [1.54, 1.807) is 48.5 Å². The fraction of sp³-hybridized carbons (Fsp3) is 0.263. The summed E-state index contributed by atoms with van der Waals surface area (Å²) in [6.45, 7) is -0.113. The molecule has 0 radical (unpaired) electrons. The first-order valence-corrected chi connectivity index (χ1v) is 11.0. The summed E-state index contributed by atoms with van der Waals surface area (Å²) < 4.78 is 25.2. The number of hydrogen-bond acceptors (Lipinski definition) is 4. The van der Waals surface area contributed by atoms with Gasteiger partial charge in [0.05, 0.1) is 22.2 Å². The number of sulfone groups is 1. The lowest BCUT2D eigenvalue weighted by atomic mass is 10.2. The molecule has 0 bridgehead atoms. The smallest absolute Gasteiger partial charge is 0.239 e. The number of likely N-dealkylation sites (tertiary alicyclic amines) is 1. The summed E-state index contributed by atoms with van der Waals surface area (Å²) in [6, 6.07) is 13.7. The Morgan fingerprint density at radius 2 is 1.79 bits per heavy atom. The maximum atomic E-state index is 12.6. The second-order valence-electron chi connectivity index (χ2n) is 6.50. The molecular formula is C19H18Cl2N2O4S. The summed E-state index contributed by atoms with van der Waals surface area (Å²) in [4.78, 5) is 25.2.